The Hall–Kier alpha value is -2.26. The third-order valence-corrected chi connectivity index (χ3v) is 3.44. The van der Waals surface area contributed by atoms with Crippen molar-refractivity contribution in [2.75, 3.05) is 0 Å². The third-order valence-electron chi connectivity index (χ3n) is 3.44. The Labute approximate surface area is 115 Å². The molecule has 3 rings (SSSR count). The lowest BCUT2D eigenvalue weighted by molar-refractivity contribution is 0.506. The largest absolute Gasteiger partial charge is 0.320 e. The molecule has 1 atom stereocenters. The maximum atomic E-state index is 13.3. The Morgan fingerprint density at radius 3 is 2.10 bits per heavy atom. The molecule has 100 valence electrons. The van der Waals surface area contributed by atoms with Gasteiger partial charge in [-0.2, -0.15) is 0 Å². The minimum atomic E-state index is -0.876. The summed E-state index contributed by atoms with van der Waals surface area (Å²) in [5, 5.41) is 2.19. The maximum absolute atomic E-state index is 13.3. The van der Waals surface area contributed by atoms with Crippen molar-refractivity contribution in [3.05, 3.63) is 83.4 Å². The lowest BCUT2D eigenvalue weighted by Crippen LogP contribution is -2.12. The molecule has 0 spiro atoms. The first-order valence-electron chi connectivity index (χ1n) is 6.34. The van der Waals surface area contributed by atoms with Gasteiger partial charge >= 0.3 is 0 Å². The van der Waals surface area contributed by atoms with E-state index in [1.54, 1.807) is 0 Å². The summed E-state index contributed by atoms with van der Waals surface area (Å²) >= 11 is 0. The SMILES string of the molecule is NC(c1ccc(F)c(F)c1)c1ccc2ccccc2c1. The average Bonchev–Trinajstić information content (AvgIpc) is 2.49. The van der Waals surface area contributed by atoms with E-state index in [-0.39, 0.29) is 0 Å². The normalized spacial score (nSPS) is 12.6. The highest BCUT2D eigenvalue weighted by molar-refractivity contribution is 5.83. The molecular formula is C17H13F2N. The summed E-state index contributed by atoms with van der Waals surface area (Å²) in [6.45, 7) is 0. The van der Waals surface area contributed by atoms with Crippen molar-refractivity contribution in [3.8, 4) is 0 Å². The van der Waals surface area contributed by atoms with Crippen LogP contribution >= 0.6 is 0 Å². The van der Waals surface area contributed by atoms with Gasteiger partial charge in [-0.1, -0.05) is 42.5 Å². The molecule has 3 heteroatoms. The van der Waals surface area contributed by atoms with Crippen LogP contribution in [0.4, 0.5) is 8.78 Å². The maximum Gasteiger partial charge on any atom is 0.159 e. The zero-order chi connectivity index (χ0) is 14.1. The zero-order valence-electron chi connectivity index (χ0n) is 10.7. The van der Waals surface area contributed by atoms with Crippen LogP contribution in [0.25, 0.3) is 10.8 Å². The van der Waals surface area contributed by atoms with Gasteiger partial charge in [0, 0.05) is 0 Å². The predicted octanol–water partition coefficient (Wildman–Crippen LogP) is 4.17. The van der Waals surface area contributed by atoms with Gasteiger partial charge in [0.2, 0.25) is 0 Å². The summed E-state index contributed by atoms with van der Waals surface area (Å²) in [4.78, 5) is 0. The molecule has 2 N–H and O–H groups in total. The van der Waals surface area contributed by atoms with Gasteiger partial charge in [-0.25, -0.2) is 8.78 Å². The van der Waals surface area contributed by atoms with Crippen molar-refractivity contribution in [3.63, 3.8) is 0 Å². The van der Waals surface area contributed by atoms with Gasteiger partial charge in [0.25, 0.3) is 0 Å². The van der Waals surface area contributed by atoms with Crippen molar-refractivity contribution < 1.29 is 8.78 Å². The van der Waals surface area contributed by atoms with Gasteiger partial charge in [-0.15, -0.1) is 0 Å². The van der Waals surface area contributed by atoms with Gasteiger partial charge in [0.15, 0.2) is 11.6 Å². The van der Waals surface area contributed by atoms with Crippen LogP contribution in [-0.4, -0.2) is 0 Å². The molecular weight excluding hydrogens is 256 g/mol. The van der Waals surface area contributed by atoms with Crippen LogP contribution in [0.5, 0.6) is 0 Å². The van der Waals surface area contributed by atoms with Crippen LogP contribution in [0.15, 0.2) is 60.7 Å². The molecule has 0 saturated heterocycles. The Bertz CT molecular complexity index is 768. The van der Waals surface area contributed by atoms with Crippen LogP contribution in [0.2, 0.25) is 0 Å². The number of hydrogen-bond donors (Lipinski definition) is 1. The quantitative estimate of drug-likeness (QED) is 0.742. The first-order valence-corrected chi connectivity index (χ1v) is 6.34. The van der Waals surface area contributed by atoms with E-state index in [9.17, 15) is 8.78 Å². The van der Waals surface area contributed by atoms with Crippen LogP contribution in [-0.2, 0) is 0 Å². The van der Waals surface area contributed by atoms with Crippen LogP contribution < -0.4 is 5.73 Å². The molecule has 0 bridgehead atoms. The van der Waals surface area contributed by atoms with E-state index >= 15 is 0 Å². The van der Waals surface area contributed by atoms with Crippen molar-refractivity contribution in [1.29, 1.82) is 0 Å². The molecule has 0 aliphatic heterocycles. The number of halogens is 2. The Balaban J connectivity index is 2.02. The molecule has 1 unspecified atom stereocenters. The number of benzene rings is 3. The first kappa shape index (κ1) is 12.8. The van der Waals surface area contributed by atoms with E-state index in [0.717, 1.165) is 28.5 Å². The van der Waals surface area contributed by atoms with E-state index in [1.807, 2.05) is 42.5 Å². The minimum Gasteiger partial charge on any atom is -0.320 e. The van der Waals surface area contributed by atoms with Crippen molar-refractivity contribution in [2.24, 2.45) is 5.73 Å². The van der Waals surface area contributed by atoms with Crippen molar-refractivity contribution in [2.45, 2.75) is 6.04 Å². The fourth-order valence-corrected chi connectivity index (χ4v) is 2.30. The number of hydrogen-bond acceptors (Lipinski definition) is 1. The average molecular weight is 269 g/mol. The molecule has 0 saturated carbocycles. The molecule has 0 fully saturated rings. The van der Waals surface area contributed by atoms with Gasteiger partial charge in [0.1, 0.15) is 0 Å². The second kappa shape index (κ2) is 5.02. The third kappa shape index (κ3) is 2.28. The Morgan fingerprint density at radius 2 is 1.35 bits per heavy atom. The van der Waals surface area contributed by atoms with Gasteiger partial charge < -0.3 is 5.73 Å². The lowest BCUT2D eigenvalue weighted by Gasteiger charge is -2.13. The molecule has 0 aliphatic carbocycles. The molecule has 0 aromatic heterocycles. The summed E-state index contributed by atoms with van der Waals surface area (Å²) in [7, 11) is 0. The fraction of sp³-hybridized carbons (Fsp3) is 0.0588. The van der Waals surface area contributed by atoms with E-state index in [4.69, 9.17) is 5.73 Å². The van der Waals surface area contributed by atoms with Crippen LogP contribution in [0, 0.1) is 11.6 Å². The molecule has 0 aliphatic rings. The van der Waals surface area contributed by atoms with E-state index in [1.165, 1.54) is 6.07 Å². The summed E-state index contributed by atoms with van der Waals surface area (Å²) in [5.74, 6) is -1.74. The first-order chi connectivity index (χ1) is 9.65. The van der Waals surface area contributed by atoms with Crippen molar-refractivity contribution >= 4 is 10.8 Å². The molecule has 20 heavy (non-hydrogen) atoms. The highest BCUT2D eigenvalue weighted by Crippen LogP contribution is 2.24. The molecule has 1 nitrogen and oxygen atoms in total. The summed E-state index contributed by atoms with van der Waals surface area (Å²) in [6.07, 6.45) is 0. The van der Waals surface area contributed by atoms with Crippen molar-refractivity contribution in [1.82, 2.24) is 0 Å². The summed E-state index contributed by atoms with van der Waals surface area (Å²) in [5.41, 5.74) is 7.56. The molecule has 0 radical (unpaired) electrons. The number of nitrogens with two attached hydrogens (primary N) is 1. The summed E-state index contributed by atoms with van der Waals surface area (Å²) in [6, 6.07) is 17.1. The molecule has 3 aromatic carbocycles. The van der Waals surface area contributed by atoms with E-state index in [0.29, 0.717) is 5.56 Å². The highest BCUT2D eigenvalue weighted by Gasteiger charge is 2.12. The second-order valence-electron chi connectivity index (χ2n) is 4.76. The standard InChI is InChI=1S/C17H13F2N/c18-15-8-7-14(10-16(15)19)17(20)13-6-5-11-3-1-2-4-12(11)9-13/h1-10,17H,20H2. The topological polar surface area (TPSA) is 26.0 Å². The summed E-state index contributed by atoms with van der Waals surface area (Å²) < 4.78 is 26.2. The van der Waals surface area contributed by atoms with Gasteiger partial charge in [0.05, 0.1) is 6.04 Å². The van der Waals surface area contributed by atoms with Gasteiger partial charge in [-0.3, -0.25) is 0 Å². The molecule has 0 heterocycles. The highest BCUT2D eigenvalue weighted by atomic mass is 19.2. The number of rotatable bonds is 2. The van der Waals surface area contributed by atoms with Crippen LogP contribution in [0.1, 0.15) is 17.2 Å². The lowest BCUT2D eigenvalue weighted by atomic mass is 9.97. The number of fused-ring (bicyclic) bond motifs is 1. The Morgan fingerprint density at radius 1 is 0.700 bits per heavy atom. The van der Waals surface area contributed by atoms with Gasteiger partial charge in [-0.05, 0) is 40.1 Å². The van der Waals surface area contributed by atoms with Crippen LogP contribution in [0.3, 0.4) is 0 Å². The smallest absolute Gasteiger partial charge is 0.159 e. The fourth-order valence-electron chi connectivity index (χ4n) is 2.30. The molecule has 0 amide bonds. The zero-order valence-corrected chi connectivity index (χ0v) is 10.7. The Kier molecular flexibility index (Phi) is 3.20. The monoisotopic (exact) mass is 269 g/mol. The molecule has 3 aromatic rings. The predicted molar refractivity (Wildman–Crippen MR) is 76.3 cm³/mol. The minimum absolute atomic E-state index is 0.477. The van der Waals surface area contributed by atoms with E-state index < -0.39 is 17.7 Å². The second-order valence-corrected chi connectivity index (χ2v) is 4.76. The van der Waals surface area contributed by atoms with E-state index in [2.05, 4.69) is 0 Å².